The maximum Gasteiger partial charge on any atom is 0.283 e. The number of anilines is 1. The van der Waals surface area contributed by atoms with Crippen molar-refractivity contribution in [1.29, 1.82) is 0 Å². The number of halogens is 1. The number of hydrogen-bond acceptors (Lipinski definition) is 7. The largest absolute Gasteiger partial charge is 0.325 e. The van der Waals surface area contributed by atoms with Gasteiger partial charge in [-0.25, -0.2) is 4.99 Å². The molecule has 0 unspecified atom stereocenters. The minimum atomic E-state index is -0.504. The van der Waals surface area contributed by atoms with Gasteiger partial charge in [-0.05, 0) is 66.2 Å². The average Bonchev–Trinajstić information content (AvgIpc) is 3.20. The van der Waals surface area contributed by atoms with E-state index in [0.717, 1.165) is 29.1 Å². The standard InChI is InChI=1S/C25H19ClN4O4S2/c1-15-18(26)8-5-9-19(15)28-25-29-24(32)22(36-25)13-16-10-11-21(20(12-16)30(33)34)35-14-23(31)27-17-6-3-2-4-7-17/h2-13H,14H2,1H3,(H,27,31)(H,28,29,32)/b22-13-. The molecule has 0 aliphatic carbocycles. The molecule has 0 spiro atoms. The Balaban J connectivity index is 1.48. The smallest absolute Gasteiger partial charge is 0.283 e. The molecule has 1 heterocycles. The van der Waals surface area contributed by atoms with Crippen LogP contribution in [0.25, 0.3) is 6.08 Å². The lowest BCUT2D eigenvalue weighted by atomic mass is 10.2. The first-order valence-corrected chi connectivity index (χ1v) is 12.8. The van der Waals surface area contributed by atoms with Crippen molar-refractivity contribution in [3.05, 3.63) is 97.9 Å². The first-order valence-electron chi connectivity index (χ1n) is 10.6. The molecule has 1 fully saturated rings. The SMILES string of the molecule is Cc1c(Cl)cccc1N=C1NC(=O)/C(=C/c2ccc(SCC(=O)Nc3ccccc3)c([N+](=O)[O-])c2)S1. The summed E-state index contributed by atoms with van der Waals surface area (Å²) < 4.78 is 0. The van der Waals surface area contributed by atoms with Crippen molar-refractivity contribution in [1.82, 2.24) is 5.32 Å². The van der Waals surface area contributed by atoms with E-state index in [4.69, 9.17) is 11.6 Å². The zero-order chi connectivity index (χ0) is 25.7. The Labute approximate surface area is 220 Å². The first-order chi connectivity index (χ1) is 17.3. The predicted molar refractivity (Wildman–Crippen MR) is 146 cm³/mol. The highest BCUT2D eigenvalue weighted by Gasteiger charge is 2.25. The van der Waals surface area contributed by atoms with E-state index in [2.05, 4.69) is 15.6 Å². The number of nitro benzene ring substituents is 1. The van der Waals surface area contributed by atoms with E-state index in [0.29, 0.717) is 36.9 Å². The van der Waals surface area contributed by atoms with Crippen molar-refractivity contribution in [3.63, 3.8) is 0 Å². The summed E-state index contributed by atoms with van der Waals surface area (Å²) in [6.07, 6.45) is 1.57. The number of aliphatic imine (C=N–C) groups is 1. The summed E-state index contributed by atoms with van der Waals surface area (Å²) in [5.41, 5.74) is 2.42. The first kappa shape index (κ1) is 25.5. The molecule has 182 valence electrons. The van der Waals surface area contributed by atoms with E-state index in [1.54, 1.807) is 60.7 Å². The second-order valence-corrected chi connectivity index (χ2v) is 10.0. The molecule has 36 heavy (non-hydrogen) atoms. The van der Waals surface area contributed by atoms with Crippen LogP contribution in [-0.4, -0.2) is 27.7 Å². The summed E-state index contributed by atoms with van der Waals surface area (Å²) in [4.78, 5) is 41.0. The zero-order valence-corrected chi connectivity index (χ0v) is 21.2. The fraction of sp³-hybridized carbons (Fsp3) is 0.0800. The summed E-state index contributed by atoms with van der Waals surface area (Å²) in [6, 6.07) is 18.9. The third kappa shape index (κ3) is 6.34. The van der Waals surface area contributed by atoms with Crippen LogP contribution in [0.5, 0.6) is 0 Å². The van der Waals surface area contributed by atoms with Gasteiger partial charge in [0.05, 0.1) is 26.2 Å². The van der Waals surface area contributed by atoms with Crippen LogP contribution in [0.15, 0.2) is 81.5 Å². The van der Waals surface area contributed by atoms with Gasteiger partial charge in [0.25, 0.3) is 11.6 Å². The van der Waals surface area contributed by atoms with E-state index in [-0.39, 0.29) is 23.3 Å². The minimum absolute atomic E-state index is 0.0111. The summed E-state index contributed by atoms with van der Waals surface area (Å²) in [7, 11) is 0. The Morgan fingerprint density at radius 2 is 1.97 bits per heavy atom. The molecule has 0 radical (unpaired) electrons. The number of benzene rings is 3. The van der Waals surface area contributed by atoms with Crippen LogP contribution in [0.4, 0.5) is 17.1 Å². The molecule has 4 rings (SSSR count). The normalized spacial score (nSPS) is 15.2. The third-order valence-corrected chi connectivity index (χ3v) is 7.39. The van der Waals surface area contributed by atoms with Gasteiger partial charge in [-0.15, -0.1) is 11.8 Å². The number of para-hydroxylation sites is 1. The number of hydrogen-bond donors (Lipinski definition) is 2. The summed E-state index contributed by atoms with van der Waals surface area (Å²) in [5.74, 6) is -0.610. The Hall–Kier alpha value is -3.60. The Morgan fingerprint density at radius 1 is 1.19 bits per heavy atom. The van der Waals surface area contributed by atoms with Gasteiger partial charge in [0.15, 0.2) is 5.17 Å². The molecule has 0 bridgehead atoms. The van der Waals surface area contributed by atoms with Gasteiger partial charge >= 0.3 is 0 Å². The second-order valence-electron chi connectivity index (χ2n) is 7.55. The number of amides is 2. The van der Waals surface area contributed by atoms with Gasteiger partial charge in [-0.1, -0.05) is 41.9 Å². The summed E-state index contributed by atoms with van der Waals surface area (Å²) in [6.45, 7) is 1.84. The van der Waals surface area contributed by atoms with Crippen molar-refractivity contribution >= 4 is 75.2 Å². The number of nitro groups is 1. The summed E-state index contributed by atoms with van der Waals surface area (Å²) in [5, 5.41) is 18.1. The number of amidine groups is 1. The topological polar surface area (TPSA) is 114 Å². The molecule has 2 N–H and O–H groups in total. The van der Waals surface area contributed by atoms with Crippen LogP contribution >= 0.6 is 35.1 Å². The highest BCUT2D eigenvalue weighted by molar-refractivity contribution is 8.18. The van der Waals surface area contributed by atoms with E-state index in [1.807, 2.05) is 13.0 Å². The molecule has 8 nitrogen and oxygen atoms in total. The van der Waals surface area contributed by atoms with Gasteiger partial charge < -0.3 is 10.6 Å². The Morgan fingerprint density at radius 3 is 2.72 bits per heavy atom. The van der Waals surface area contributed by atoms with Gasteiger partial charge in [-0.2, -0.15) is 0 Å². The number of carbonyl (C=O) groups excluding carboxylic acids is 2. The molecule has 2 amide bonds. The van der Waals surface area contributed by atoms with Crippen LogP contribution in [0, 0.1) is 17.0 Å². The summed E-state index contributed by atoms with van der Waals surface area (Å²) >= 11 is 8.35. The lowest BCUT2D eigenvalue weighted by Crippen LogP contribution is -2.19. The van der Waals surface area contributed by atoms with Crippen LogP contribution in [0.1, 0.15) is 11.1 Å². The lowest BCUT2D eigenvalue weighted by molar-refractivity contribution is -0.387. The molecular weight excluding hydrogens is 520 g/mol. The predicted octanol–water partition coefficient (Wildman–Crippen LogP) is 6.18. The highest BCUT2D eigenvalue weighted by Crippen LogP contribution is 2.34. The van der Waals surface area contributed by atoms with Crippen molar-refractivity contribution < 1.29 is 14.5 Å². The van der Waals surface area contributed by atoms with Crippen molar-refractivity contribution in [2.24, 2.45) is 4.99 Å². The molecular formula is C25H19ClN4O4S2. The molecule has 0 atom stereocenters. The fourth-order valence-corrected chi connectivity index (χ4v) is 5.02. The van der Waals surface area contributed by atoms with Crippen molar-refractivity contribution in [3.8, 4) is 0 Å². The molecule has 0 aromatic heterocycles. The molecule has 1 aliphatic rings. The van der Waals surface area contributed by atoms with Crippen LogP contribution in [0.3, 0.4) is 0 Å². The number of thioether (sulfide) groups is 2. The van der Waals surface area contributed by atoms with Crippen molar-refractivity contribution in [2.75, 3.05) is 11.1 Å². The fourth-order valence-electron chi connectivity index (χ4n) is 3.21. The molecule has 3 aromatic carbocycles. The highest BCUT2D eigenvalue weighted by atomic mass is 35.5. The van der Waals surface area contributed by atoms with Gasteiger partial charge in [0.2, 0.25) is 5.91 Å². The zero-order valence-electron chi connectivity index (χ0n) is 18.9. The maximum absolute atomic E-state index is 12.5. The molecule has 0 saturated carbocycles. The Bertz CT molecular complexity index is 1410. The minimum Gasteiger partial charge on any atom is -0.325 e. The monoisotopic (exact) mass is 538 g/mol. The van der Waals surface area contributed by atoms with E-state index < -0.39 is 4.92 Å². The molecule has 1 aliphatic heterocycles. The van der Waals surface area contributed by atoms with Crippen LogP contribution in [-0.2, 0) is 9.59 Å². The second kappa shape index (κ2) is 11.4. The third-order valence-electron chi connectivity index (χ3n) is 5.01. The van der Waals surface area contributed by atoms with E-state index in [1.165, 1.54) is 6.07 Å². The van der Waals surface area contributed by atoms with E-state index >= 15 is 0 Å². The number of rotatable bonds is 7. The number of nitrogens with zero attached hydrogens (tertiary/aromatic N) is 2. The van der Waals surface area contributed by atoms with Crippen LogP contribution in [0.2, 0.25) is 5.02 Å². The van der Waals surface area contributed by atoms with E-state index in [9.17, 15) is 19.7 Å². The lowest BCUT2D eigenvalue weighted by Gasteiger charge is -2.06. The maximum atomic E-state index is 12.5. The van der Waals surface area contributed by atoms with Gasteiger partial charge in [0.1, 0.15) is 0 Å². The average molecular weight is 539 g/mol. The van der Waals surface area contributed by atoms with Gasteiger partial charge in [0, 0.05) is 16.8 Å². The molecule has 3 aromatic rings. The Kier molecular flexibility index (Phi) is 8.09. The molecule has 1 saturated heterocycles. The number of nitrogens with one attached hydrogen (secondary N) is 2. The molecule has 11 heteroatoms. The van der Waals surface area contributed by atoms with Gasteiger partial charge in [-0.3, -0.25) is 19.7 Å². The van der Waals surface area contributed by atoms with Crippen molar-refractivity contribution in [2.45, 2.75) is 11.8 Å². The number of carbonyl (C=O) groups is 2. The quantitative estimate of drug-likeness (QED) is 0.161. The van der Waals surface area contributed by atoms with Crippen LogP contribution < -0.4 is 10.6 Å².